The van der Waals surface area contributed by atoms with E-state index in [9.17, 15) is 4.79 Å². The molecule has 0 spiro atoms. The van der Waals surface area contributed by atoms with Crippen LogP contribution in [0.15, 0.2) is 8.71 Å². The first-order valence-corrected chi connectivity index (χ1v) is 5.79. The van der Waals surface area contributed by atoms with E-state index in [2.05, 4.69) is 26.0 Å². The Labute approximate surface area is 92.7 Å². The molecule has 2 aromatic heterocycles. The van der Waals surface area contributed by atoms with E-state index in [-0.39, 0.29) is 5.56 Å². The zero-order chi connectivity index (χ0) is 10.3. The van der Waals surface area contributed by atoms with E-state index in [1.807, 2.05) is 13.8 Å². The minimum Gasteiger partial charge on any atom is -0.267 e. The quantitative estimate of drug-likeness (QED) is 0.796. The summed E-state index contributed by atoms with van der Waals surface area (Å²) in [4.78, 5) is 16.8. The zero-order valence-electron chi connectivity index (χ0n) is 7.74. The van der Waals surface area contributed by atoms with Crippen LogP contribution >= 0.6 is 27.3 Å². The maximum Gasteiger partial charge on any atom is 0.278 e. The van der Waals surface area contributed by atoms with Crippen LogP contribution in [0, 0.1) is 6.92 Å². The first-order valence-electron chi connectivity index (χ1n) is 4.18. The van der Waals surface area contributed by atoms with Crippen molar-refractivity contribution >= 4 is 32.2 Å². The van der Waals surface area contributed by atoms with E-state index in [0.717, 1.165) is 11.3 Å². The number of nitrogens with zero attached hydrogens (tertiary/aromatic N) is 3. The second kappa shape index (κ2) is 3.43. The summed E-state index contributed by atoms with van der Waals surface area (Å²) < 4.78 is 2.02. The van der Waals surface area contributed by atoms with Crippen LogP contribution in [0.5, 0.6) is 0 Å². The fourth-order valence-electron chi connectivity index (χ4n) is 1.36. The molecule has 0 amide bonds. The van der Waals surface area contributed by atoms with E-state index in [1.54, 1.807) is 0 Å². The van der Waals surface area contributed by atoms with Gasteiger partial charge in [-0.25, -0.2) is 4.98 Å². The van der Waals surface area contributed by atoms with Crippen LogP contribution in [0.3, 0.4) is 0 Å². The van der Waals surface area contributed by atoms with Crippen LogP contribution in [0.4, 0.5) is 0 Å². The van der Waals surface area contributed by atoms with Crippen LogP contribution < -0.4 is 5.56 Å². The number of aryl methyl sites for hydroxylation is 1. The van der Waals surface area contributed by atoms with Crippen molar-refractivity contribution in [3.05, 3.63) is 25.5 Å². The summed E-state index contributed by atoms with van der Waals surface area (Å²) in [7, 11) is 0. The van der Waals surface area contributed by atoms with E-state index >= 15 is 0 Å². The predicted octanol–water partition coefficient (Wildman–Crippen LogP) is 1.78. The summed E-state index contributed by atoms with van der Waals surface area (Å²) in [5.74, 6) is 0. The molecule has 0 saturated carbocycles. The molecular formula is C8H8BrN3OS. The van der Waals surface area contributed by atoms with Crippen molar-refractivity contribution in [1.29, 1.82) is 0 Å². The van der Waals surface area contributed by atoms with Gasteiger partial charge in [-0.2, -0.15) is 4.52 Å². The molecule has 0 aliphatic heterocycles. The fraction of sp³-hybridized carbons (Fsp3) is 0.375. The van der Waals surface area contributed by atoms with Gasteiger partial charge in [-0.05, 0) is 29.3 Å². The molecule has 0 unspecified atom stereocenters. The predicted molar refractivity (Wildman–Crippen MR) is 58.9 cm³/mol. The summed E-state index contributed by atoms with van der Waals surface area (Å²) in [6.45, 7) is 3.80. The fourth-order valence-corrected chi connectivity index (χ4v) is 2.62. The summed E-state index contributed by atoms with van der Waals surface area (Å²) in [5, 5.41) is 4.04. The maximum atomic E-state index is 11.8. The Balaban J connectivity index is 2.92. The molecule has 0 aliphatic carbocycles. The standard InChI is InChI=1S/C8H8BrN3OS/c1-3-5-4(2)10-8-12(6(5)13)11-7(9)14-8/h3H2,1-2H3. The number of rotatable bonds is 1. The second-order valence-electron chi connectivity index (χ2n) is 2.88. The van der Waals surface area contributed by atoms with E-state index < -0.39 is 0 Å². The van der Waals surface area contributed by atoms with Gasteiger partial charge in [-0.1, -0.05) is 18.3 Å². The molecule has 4 nitrogen and oxygen atoms in total. The van der Waals surface area contributed by atoms with Crippen LogP contribution in [-0.4, -0.2) is 14.6 Å². The molecule has 0 aromatic carbocycles. The van der Waals surface area contributed by atoms with Crippen molar-refractivity contribution < 1.29 is 0 Å². The third kappa shape index (κ3) is 1.38. The SMILES string of the molecule is CCc1c(C)nc2sc(Br)nn2c1=O. The molecule has 0 N–H and O–H groups in total. The van der Waals surface area contributed by atoms with Gasteiger partial charge in [-0.3, -0.25) is 4.79 Å². The first kappa shape index (κ1) is 9.79. The van der Waals surface area contributed by atoms with Crippen LogP contribution in [0.2, 0.25) is 0 Å². The number of fused-ring (bicyclic) bond motifs is 1. The molecule has 2 aromatic rings. The zero-order valence-corrected chi connectivity index (χ0v) is 10.1. The molecule has 0 saturated heterocycles. The number of aromatic nitrogens is 3. The van der Waals surface area contributed by atoms with Gasteiger partial charge in [0.1, 0.15) is 0 Å². The van der Waals surface area contributed by atoms with Gasteiger partial charge in [0.05, 0.1) is 0 Å². The Morgan fingerprint density at radius 3 is 2.93 bits per heavy atom. The highest BCUT2D eigenvalue weighted by Gasteiger charge is 2.10. The molecule has 2 rings (SSSR count). The van der Waals surface area contributed by atoms with Crippen molar-refractivity contribution in [1.82, 2.24) is 14.6 Å². The highest BCUT2D eigenvalue weighted by atomic mass is 79.9. The maximum absolute atomic E-state index is 11.8. The Kier molecular flexibility index (Phi) is 2.40. The van der Waals surface area contributed by atoms with Crippen LogP contribution in [0.25, 0.3) is 4.96 Å². The monoisotopic (exact) mass is 273 g/mol. The minimum atomic E-state index is -0.0584. The first-order chi connectivity index (χ1) is 6.63. The van der Waals surface area contributed by atoms with Gasteiger partial charge in [0, 0.05) is 11.3 Å². The van der Waals surface area contributed by atoms with E-state index in [0.29, 0.717) is 15.3 Å². The Bertz CT molecular complexity index is 545. The largest absolute Gasteiger partial charge is 0.278 e. The van der Waals surface area contributed by atoms with E-state index in [4.69, 9.17) is 0 Å². The van der Waals surface area contributed by atoms with Crippen LogP contribution in [0.1, 0.15) is 18.2 Å². The highest BCUT2D eigenvalue weighted by Crippen LogP contribution is 2.17. The van der Waals surface area contributed by atoms with Crippen molar-refractivity contribution in [2.45, 2.75) is 20.3 Å². The number of hydrogen-bond acceptors (Lipinski definition) is 4. The van der Waals surface area contributed by atoms with Gasteiger partial charge in [0.25, 0.3) is 5.56 Å². The van der Waals surface area contributed by atoms with Gasteiger partial charge in [-0.15, -0.1) is 5.10 Å². The topological polar surface area (TPSA) is 47.3 Å². The molecule has 0 fully saturated rings. The van der Waals surface area contributed by atoms with Crippen molar-refractivity contribution in [3.63, 3.8) is 0 Å². The van der Waals surface area contributed by atoms with Crippen molar-refractivity contribution in [3.8, 4) is 0 Å². The molecule has 0 atom stereocenters. The molecule has 0 radical (unpaired) electrons. The lowest BCUT2D eigenvalue weighted by molar-refractivity contribution is 0.847. The third-order valence-electron chi connectivity index (χ3n) is 2.04. The molecular weight excluding hydrogens is 266 g/mol. The highest BCUT2D eigenvalue weighted by molar-refractivity contribution is 9.11. The minimum absolute atomic E-state index is 0.0584. The summed E-state index contributed by atoms with van der Waals surface area (Å²) in [6.07, 6.45) is 0.690. The third-order valence-corrected chi connectivity index (χ3v) is 3.38. The summed E-state index contributed by atoms with van der Waals surface area (Å²) in [5.41, 5.74) is 1.48. The summed E-state index contributed by atoms with van der Waals surface area (Å²) >= 11 is 4.59. The molecule has 0 aliphatic rings. The molecule has 0 bridgehead atoms. The second-order valence-corrected chi connectivity index (χ2v) is 5.12. The van der Waals surface area contributed by atoms with Gasteiger partial charge in [0.2, 0.25) is 4.96 Å². The van der Waals surface area contributed by atoms with Gasteiger partial charge < -0.3 is 0 Å². The lowest BCUT2D eigenvalue weighted by Crippen LogP contribution is -2.20. The average Bonchev–Trinajstić information content (AvgIpc) is 2.47. The number of hydrogen-bond donors (Lipinski definition) is 0. The average molecular weight is 274 g/mol. The Hall–Kier alpha value is -0.750. The van der Waals surface area contributed by atoms with Crippen molar-refractivity contribution in [2.24, 2.45) is 0 Å². The number of halogens is 1. The Morgan fingerprint density at radius 2 is 2.29 bits per heavy atom. The lowest BCUT2D eigenvalue weighted by Gasteiger charge is -1.99. The summed E-state index contributed by atoms with van der Waals surface area (Å²) in [6, 6.07) is 0. The van der Waals surface area contributed by atoms with Crippen molar-refractivity contribution in [2.75, 3.05) is 0 Å². The van der Waals surface area contributed by atoms with E-state index in [1.165, 1.54) is 15.9 Å². The lowest BCUT2D eigenvalue weighted by atomic mass is 10.2. The molecule has 74 valence electrons. The van der Waals surface area contributed by atoms with Gasteiger partial charge in [0.15, 0.2) is 3.92 Å². The smallest absolute Gasteiger partial charge is 0.267 e. The van der Waals surface area contributed by atoms with Crippen LogP contribution in [-0.2, 0) is 6.42 Å². The molecule has 2 heterocycles. The molecule has 6 heteroatoms. The Morgan fingerprint density at radius 1 is 1.57 bits per heavy atom. The molecule has 14 heavy (non-hydrogen) atoms. The normalized spacial score (nSPS) is 11.1. The van der Waals surface area contributed by atoms with Gasteiger partial charge >= 0.3 is 0 Å².